The molecular weight excluding hydrogens is 250 g/mol. The zero-order chi connectivity index (χ0) is 13.8. The molecule has 2 aromatic rings. The highest BCUT2D eigenvalue weighted by Gasteiger charge is 2.24. The van der Waals surface area contributed by atoms with E-state index in [2.05, 4.69) is 4.98 Å². The van der Waals surface area contributed by atoms with Crippen molar-refractivity contribution in [3.05, 3.63) is 53.2 Å². The largest absolute Gasteiger partial charge is 0.476 e. The van der Waals surface area contributed by atoms with Gasteiger partial charge in [0.25, 0.3) is 0 Å². The second kappa shape index (κ2) is 5.34. The van der Waals surface area contributed by atoms with Gasteiger partial charge in [0, 0.05) is 6.42 Å². The number of nitrogens with zero attached hydrogens (tertiary/aromatic N) is 1. The van der Waals surface area contributed by atoms with E-state index in [-0.39, 0.29) is 5.89 Å². The Morgan fingerprint density at radius 3 is 2.26 bits per heavy atom. The third-order valence-corrected chi connectivity index (χ3v) is 2.54. The summed E-state index contributed by atoms with van der Waals surface area (Å²) in [7, 11) is 0. The zero-order valence-corrected chi connectivity index (χ0v) is 9.87. The Hall–Kier alpha value is -2.63. The number of rotatable bonds is 5. The average molecular weight is 261 g/mol. The molecule has 1 heterocycles. The van der Waals surface area contributed by atoms with Crippen molar-refractivity contribution in [1.82, 2.24) is 4.98 Å². The summed E-state index contributed by atoms with van der Waals surface area (Å²) in [4.78, 5) is 25.3. The highest BCUT2D eigenvalue weighted by Crippen LogP contribution is 2.13. The molecule has 0 spiro atoms. The summed E-state index contributed by atoms with van der Waals surface area (Å²) in [5, 5.41) is 17.6. The highest BCUT2D eigenvalue weighted by molar-refractivity contribution is 5.98. The number of hydrogen-bond donors (Lipinski definition) is 2. The maximum atomic E-state index is 10.8. The van der Waals surface area contributed by atoms with Crippen molar-refractivity contribution >= 4 is 11.9 Å². The Kier molecular flexibility index (Phi) is 3.61. The van der Waals surface area contributed by atoms with Crippen molar-refractivity contribution in [1.29, 1.82) is 0 Å². The van der Waals surface area contributed by atoms with E-state index in [0.29, 0.717) is 12.8 Å². The summed E-state index contributed by atoms with van der Waals surface area (Å²) in [6.07, 6.45) is 0.942. The van der Waals surface area contributed by atoms with E-state index in [1.165, 1.54) is 0 Å². The Bertz CT molecular complexity index is 571. The number of aromatic nitrogens is 1. The Balaban J connectivity index is 2.15. The molecule has 0 radical (unpaired) electrons. The average Bonchev–Trinajstić information content (AvgIpc) is 2.82. The van der Waals surface area contributed by atoms with Crippen LogP contribution in [0.15, 0.2) is 34.7 Å². The van der Waals surface area contributed by atoms with Crippen molar-refractivity contribution in [3.8, 4) is 0 Å². The van der Waals surface area contributed by atoms with Gasteiger partial charge in [0.05, 0.1) is 0 Å². The number of oxazole rings is 1. The molecule has 0 unspecified atom stereocenters. The van der Waals surface area contributed by atoms with Crippen LogP contribution in [0.5, 0.6) is 0 Å². The zero-order valence-electron chi connectivity index (χ0n) is 9.87. The van der Waals surface area contributed by atoms with Gasteiger partial charge in [-0.25, -0.2) is 14.6 Å². The Labute approximate surface area is 108 Å². The number of carboxylic acids is 2. The van der Waals surface area contributed by atoms with Crippen LogP contribution in [0.1, 0.15) is 32.5 Å². The van der Waals surface area contributed by atoms with Crippen LogP contribution in [-0.2, 0) is 12.8 Å². The van der Waals surface area contributed by atoms with Crippen LogP contribution in [0.4, 0.5) is 0 Å². The maximum absolute atomic E-state index is 10.8. The second-order valence-corrected chi connectivity index (χ2v) is 3.88. The fourth-order valence-electron chi connectivity index (χ4n) is 1.66. The van der Waals surface area contributed by atoms with Crippen LogP contribution < -0.4 is 0 Å². The first-order chi connectivity index (χ1) is 9.08. The summed E-state index contributed by atoms with van der Waals surface area (Å²) in [5.41, 5.74) is 0.477. The number of carboxylic acid groups (broad SMARTS) is 2. The van der Waals surface area contributed by atoms with E-state index < -0.39 is 23.4 Å². The SMILES string of the molecule is O=C(O)c1nc(CCc2ccccc2)oc1C(=O)O. The van der Waals surface area contributed by atoms with E-state index in [9.17, 15) is 9.59 Å². The van der Waals surface area contributed by atoms with Gasteiger partial charge in [-0.1, -0.05) is 30.3 Å². The van der Waals surface area contributed by atoms with Crippen LogP contribution in [0.25, 0.3) is 0 Å². The molecule has 2 rings (SSSR count). The first kappa shape index (κ1) is 12.8. The molecule has 0 fully saturated rings. The number of benzene rings is 1. The van der Waals surface area contributed by atoms with Crippen molar-refractivity contribution in [2.45, 2.75) is 12.8 Å². The number of aryl methyl sites for hydroxylation is 2. The van der Waals surface area contributed by atoms with Crippen molar-refractivity contribution < 1.29 is 24.2 Å². The Morgan fingerprint density at radius 2 is 1.74 bits per heavy atom. The van der Waals surface area contributed by atoms with E-state index in [1.54, 1.807) is 0 Å². The summed E-state index contributed by atoms with van der Waals surface area (Å²) in [6.45, 7) is 0. The van der Waals surface area contributed by atoms with Gasteiger partial charge in [-0.15, -0.1) is 0 Å². The monoisotopic (exact) mass is 261 g/mol. The van der Waals surface area contributed by atoms with Crippen LogP contribution >= 0.6 is 0 Å². The number of hydrogen-bond acceptors (Lipinski definition) is 4. The van der Waals surface area contributed by atoms with Crippen molar-refractivity contribution in [2.75, 3.05) is 0 Å². The molecule has 6 heteroatoms. The molecule has 0 saturated heterocycles. The molecule has 98 valence electrons. The van der Waals surface area contributed by atoms with E-state index in [1.807, 2.05) is 30.3 Å². The van der Waals surface area contributed by atoms with Gasteiger partial charge in [-0.3, -0.25) is 0 Å². The number of aromatic carboxylic acids is 2. The summed E-state index contributed by atoms with van der Waals surface area (Å²) in [5.74, 6) is -3.36. The van der Waals surface area contributed by atoms with Crippen molar-refractivity contribution in [2.24, 2.45) is 0 Å². The molecule has 1 aromatic carbocycles. The van der Waals surface area contributed by atoms with Gasteiger partial charge in [0.15, 0.2) is 5.89 Å². The van der Waals surface area contributed by atoms with Gasteiger partial charge in [-0.05, 0) is 12.0 Å². The van der Waals surface area contributed by atoms with Gasteiger partial charge in [0.2, 0.25) is 11.5 Å². The molecule has 0 saturated carbocycles. The Morgan fingerprint density at radius 1 is 1.05 bits per heavy atom. The molecule has 6 nitrogen and oxygen atoms in total. The third-order valence-electron chi connectivity index (χ3n) is 2.54. The van der Waals surface area contributed by atoms with E-state index in [4.69, 9.17) is 14.6 Å². The van der Waals surface area contributed by atoms with Crippen LogP contribution in [0.3, 0.4) is 0 Å². The van der Waals surface area contributed by atoms with Crippen LogP contribution in [0, 0.1) is 0 Å². The predicted octanol–water partition coefficient (Wildman–Crippen LogP) is 1.86. The lowest BCUT2D eigenvalue weighted by Crippen LogP contribution is -2.05. The first-order valence-corrected chi connectivity index (χ1v) is 5.58. The lowest BCUT2D eigenvalue weighted by Gasteiger charge is -1.97. The lowest BCUT2D eigenvalue weighted by molar-refractivity contribution is 0.0623. The molecular formula is C13H11NO5. The molecule has 0 aliphatic rings. The standard InChI is InChI=1S/C13H11NO5/c15-12(16)10-11(13(17)18)19-9(14-10)7-6-8-4-2-1-3-5-8/h1-5H,6-7H2,(H,15,16)(H,17,18). The van der Waals surface area contributed by atoms with Crippen LogP contribution in [0.2, 0.25) is 0 Å². The minimum atomic E-state index is -1.43. The summed E-state index contributed by atoms with van der Waals surface area (Å²) < 4.78 is 4.97. The predicted molar refractivity (Wildman–Crippen MR) is 64.3 cm³/mol. The molecule has 0 aliphatic carbocycles. The second-order valence-electron chi connectivity index (χ2n) is 3.88. The topological polar surface area (TPSA) is 101 Å². The smallest absolute Gasteiger partial charge is 0.374 e. The fourth-order valence-corrected chi connectivity index (χ4v) is 1.66. The first-order valence-electron chi connectivity index (χ1n) is 5.58. The molecule has 0 atom stereocenters. The van der Waals surface area contributed by atoms with Crippen LogP contribution in [-0.4, -0.2) is 27.1 Å². The molecule has 0 amide bonds. The van der Waals surface area contributed by atoms with Gasteiger partial charge in [0.1, 0.15) is 0 Å². The molecule has 19 heavy (non-hydrogen) atoms. The lowest BCUT2D eigenvalue weighted by atomic mass is 10.1. The maximum Gasteiger partial charge on any atom is 0.374 e. The molecule has 2 N–H and O–H groups in total. The molecule has 1 aromatic heterocycles. The minimum Gasteiger partial charge on any atom is -0.476 e. The van der Waals surface area contributed by atoms with E-state index >= 15 is 0 Å². The normalized spacial score (nSPS) is 10.3. The third kappa shape index (κ3) is 2.98. The molecule has 0 bridgehead atoms. The van der Waals surface area contributed by atoms with Gasteiger partial charge >= 0.3 is 11.9 Å². The molecule has 0 aliphatic heterocycles. The van der Waals surface area contributed by atoms with E-state index in [0.717, 1.165) is 5.56 Å². The highest BCUT2D eigenvalue weighted by atomic mass is 16.4. The summed E-state index contributed by atoms with van der Waals surface area (Å²) in [6, 6.07) is 9.49. The minimum absolute atomic E-state index is 0.110. The number of carbonyl (C=O) groups is 2. The van der Waals surface area contributed by atoms with Gasteiger partial charge < -0.3 is 14.6 Å². The fraction of sp³-hybridized carbons (Fsp3) is 0.154. The quantitative estimate of drug-likeness (QED) is 0.851. The summed E-state index contributed by atoms with van der Waals surface area (Å²) >= 11 is 0. The van der Waals surface area contributed by atoms with Gasteiger partial charge in [-0.2, -0.15) is 0 Å². The van der Waals surface area contributed by atoms with Crippen molar-refractivity contribution in [3.63, 3.8) is 0 Å².